The maximum Gasteiger partial charge on any atom is 0.335 e. The van der Waals surface area contributed by atoms with Crippen LogP contribution in [-0.4, -0.2) is 89.9 Å². The van der Waals surface area contributed by atoms with Crippen molar-refractivity contribution in [3.05, 3.63) is 16.8 Å². The summed E-state index contributed by atoms with van der Waals surface area (Å²) in [5.74, 6) is -1.20. The lowest BCUT2D eigenvalue weighted by atomic mass is 9.88. The third kappa shape index (κ3) is 4.37. The number of hydrogen-bond acceptors (Lipinski definition) is 9. The molecule has 2 aromatic rings. The van der Waals surface area contributed by atoms with E-state index in [1.807, 2.05) is 7.05 Å². The van der Waals surface area contributed by atoms with Gasteiger partial charge in [-0.2, -0.15) is 10.1 Å². The number of likely N-dealkylation sites (tertiary alicyclic amines) is 1. The van der Waals surface area contributed by atoms with Gasteiger partial charge in [0.2, 0.25) is 12.2 Å². The van der Waals surface area contributed by atoms with Crippen LogP contribution in [0.2, 0.25) is 0 Å². The summed E-state index contributed by atoms with van der Waals surface area (Å²) in [5, 5.41) is 46.1. The van der Waals surface area contributed by atoms with Gasteiger partial charge >= 0.3 is 5.97 Å². The molecule has 2 saturated heterocycles. The minimum atomic E-state index is -1.78. The lowest BCUT2D eigenvalue weighted by Gasteiger charge is -2.38. The average molecular weight is 505 g/mol. The van der Waals surface area contributed by atoms with E-state index in [4.69, 9.17) is 19.6 Å². The minimum absolute atomic E-state index is 0.235. The molecule has 0 radical (unpaired) electrons. The van der Waals surface area contributed by atoms with E-state index in [0.717, 1.165) is 80.2 Å². The summed E-state index contributed by atoms with van der Waals surface area (Å²) in [6, 6.07) is 0.235. The van der Waals surface area contributed by atoms with E-state index >= 15 is 0 Å². The van der Waals surface area contributed by atoms with Crippen LogP contribution >= 0.6 is 0 Å². The number of carboxylic acids is 1. The van der Waals surface area contributed by atoms with Crippen LogP contribution in [0.1, 0.15) is 68.3 Å². The predicted molar refractivity (Wildman–Crippen MR) is 129 cm³/mol. The summed E-state index contributed by atoms with van der Waals surface area (Å²) < 4.78 is 13.1. The molecule has 5 rings (SSSR count). The first-order valence-electron chi connectivity index (χ1n) is 13.0. The van der Waals surface area contributed by atoms with Crippen LogP contribution in [0.3, 0.4) is 0 Å². The Morgan fingerprint density at radius 3 is 2.56 bits per heavy atom. The Kier molecular flexibility index (Phi) is 7.19. The molecule has 0 saturated carbocycles. The van der Waals surface area contributed by atoms with Crippen LogP contribution in [0, 0.1) is 0 Å². The van der Waals surface area contributed by atoms with Crippen molar-refractivity contribution < 1.29 is 34.7 Å². The van der Waals surface area contributed by atoms with Crippen molar-refractivity contribution in [1.29, 1.82) is 0 Å². The van der Waals surface area contributed by atoms with Crippen LogP contribution in [0.25, 0.3) is 11.0 Å². The fourth-order valence-corrected chi connectivity index (χ4v) is 5.98. The van der Waals surface area contributed by atoms with E-state index in [-0.39, 0.29) is 11.9 Å². The number of piperidine rings is 1. The van der Waals surface area contributed by atoms with Gasteiger partial charge in [-0.3, -0.25) is 4.90 Å². The topological polar surface area (TPSA) is 150 Å². The monoisotopic (exact) mass is 504 g/mol. The minimum Gasteiger partial charge on any atom is -0.479 e. The molecule has 1 unspecified atom stereocenters. The normalized spacial score (nSPS) is 31.4. The van der Waals surface area contributed by atoms with E-state index < -0.39 is 36.7 Å². The van der Waals surface area contributed by atoms with Crippen molar-refractivity contribution in [1.82, 2.24) is 19.7 Å². The van der Waals surface area contributed by atoms with Crippen molar-refractivity contribution in [2.24, 2.45) is 7.05 Å². The molecule has 0 spiro atoms. The first kappa shape index (κ1) is 25.3. The van der Waals surface area contributed by atoms with Crippen molar-refractivity contribution in [2.75, 3.05) is 13.1 Å². The summed E-state index contributed by atoms with van der Waals surface area (Å²) in [5.41, 5.74) is 3.76. The molecular formula is C25H36N4O7. The van der Waals surface area contributed by atoms with Crippen molar-refractivity contribution in [2.45, 2.75) is 95.0 Å². The fourth-order valence-electron chi connectivity index (χ4n) is 5.98. The van der Waals surface area contributed by atoms with E-state index in [9.17, 15) is 25.2 Å². The van der Waals surface area contributed by atoms with Gasteiger partial charge < -0.3 is 29.9 Å². The molecule has 2 fully saturated rings. The fraction of sp³-hybridized carbons (Fsp3) is 0.720. The van der Waals surface area contributed by atoms with Crippen molar-refractivity contribution in [3.8, 4) is 5.88 Å². The van der Waals surface area contributed by atoms with Gasteiger partial charge in [-0.25, -0.2) is 9.48 Å². The number of carboxylic acid groups (broad SMARTS) is 1. The summed E-state index contributed by atoms with van der Waals surface area (Å²) in [4.78, 5) is 18.8. The van der Waals surface area contributed by atoms with Crippen molar-refractivity contribution in [3.63, 3.8) is 0 Å². The molecule has 0 bridgehead atoms. The maximum atomic E-state index is 11.5. The number of nitrogens with zero attached hydrogens (tertiary/aromatic N) is 4. The van der Waals surface area contributed by atoms with Gasteiger partial charge in [-0.15, -0.1) is 0 Å². The first-order chi connectivity index (χ1) is 17.3. The summed E-state index contributed by atoms with van der Waals surface area (Å²) in [6.45, 7) is 4.28. The number of aliphatic hydroxyl groups excluding tert-OH is 3. The molecule has 2 aliphatic heterocycles. The van der Waals surface area contributed by atoms with E-state index in [2.05, 4.69) is 11.8 Å². The second-order valence-corrected chi connectivity index (χ2v) is 10.2. The van der Waals surface area contributed by atoms with Gasteiger partial charge in [-0.05, 0) is 63.6 Å². The van der Waals surface area contributed by atoms with Gasteiger partial charge in [0, 0.05) is 18.0 Å². The highest BCUT2D eigenvalue weighted by Crippen LogP contribution is 2.41. The van der Waals surface area contributed by atoms with Crippen LogP contribution in [0.5, 0.6) is 5.88 Å². The quantitative estimate of drug-likeness (QED) is 0.449. The Bertz CT molecular complexity index is 1120. The average Bonchev–Trinajstić information content (AvgIpc) is 3.20. The highest BCUT2D eigenvalue weighted by Gasteiger charge is 2.48. The third-order valence-corrected chi connectivity index (χ3v) is 7.76. The molecule has 0 aromatic carbocycles. The SMILES string of the molecule is CCCN1CCCCC1c1nn(C)c2nc(O[C@@H]3O[C@H](C(=O)O)[C@@H](O)[C@H](O)[C@H]3O)c3c(c12)CCCC3. The number of fused-ring (bicyclic) bond motifs is 3. The van der Waals surface area contributed by atoms with Gasteiger partial charge in [0.1, 0.15) is 18.3 Å². The number of aliphatic hydroxyl groups is 3. The molecule has 2 aromatic heterocycles. The molecule has 0 amide bonds. The Morgan fingerprint density at radius 2 is 1.83 bits per heavy atom. The Balaban J connectivity index is 1.56. The standard InChI is InChI=1S/C25H36N4O7/c1-3-11-29-12-7-6-10-15(29)17-16-13-8-4-5-9-14(13)23(26-22(16)28(2)27-17)36-25-20(32)18(30)19(31)21(35-25)24(33)34/h15,18-21,25,30-32H,3-12H2,1-2H3,(H,33,34)/t15?,18-,19-,20+,21-,25-/m0/s1. The predicted octanol–water partition coefficient (Wildman–Crippen LogP) is 1.06. The van der Waals surface area contributed by atoms with Gasteiger partial charge in [-0.1, -0.05) is 13.3 Å². The molecule has 3 aliphatic rings. The number of hydrogen-bond donors (Lipinski definition) is 4. The van der Waals surface area contributed by atoms with Gasteiger partial charge in [0.25, 0.3) is 0 Å². The van der Waals surface area contributed by atoms with E-state index in [1.54, 1.807) is 4.68 Å². The third-order valence-electron chi connectivity index (χ3n) is 7.76. The molecule has 198 valence electrons. The molecule has 1 aliphatic carbocycles. The Labute approximate surface area is 209 Å². The van der Waals surface area contributed by atoms with Crippen LogP contribution in [0.4, 0.5) is 0 Å². The number of pyridine rings is 1. The van der Waals surface area contributed by atoms with Gasteiger partial charge in [0.05, 0.1) is 11.7 Å². The number of aliphatic carboxylic acids is 1. The molecule has 11 heteroatoms. The van der Waals surface area contributed by atoms with Crippen LogP contribution < -0.4 is 4.74 Å². The van der Waals surface area contributed by atoms with Crippen LogP contribution in [0.15, 0.2) is 0 Å². The van der Waals surface area contributed by atoms with E-state index in [0.29, 0.717) is 5.65 Å². The maximum absolute atomic E-state index is 11.5. The van der Waals surface area contributed by atoms with Gasteiger partial charge in [0.15, 0.2) is 11.8 Å². The lowest BCUT2D eigenvalue weighted by molar-refractivity contribution is -0.271. The first-order valence-corrected chi connectivity index (χ1v) is 13.0. The second-order valence-electron chi connectivity index (χ2n) is 10.2. The molecule has 4 N–H and O–H groups in total. The molecule has 6 atom stereocenters. The number of aryl methyl sites for hydroxylation is 2. The number of carbonyl (C=O) groups is 1. The van der Waals surface area contributed by atoms with Crippen LogP contribution in [-0.2, 0) is 29.4 Å². The highest BCUT2D eigenvalue weighted by molar-refractivity contribution is 5.85. The summed E-state index contributed by atoms with van der Waals surface area (Å²) in [6.07, 6.45) is -0.340. The second kappa shape index (κ2) is 10.2. The lowest BCUT2D eigenvalue weighted by Crippen LogP contribution is -2.61. The zero-order valence-electron chi connectivity index (χ0n) is 20.8. The summed E-state index contributed by atoms with van der Waals surface area (Å²) in [7, 11) is 1.86. The van der Waals surface area contributed by atoms with Crippen molar-refractivity contribution >= 4 is 17.0 Å². The Hall–Kier alpha value is -2.31. The molecule has 11 nitrogen and oxygen atoms in total. The zero-order valence-corrected chi connectivity index (χ0v) is 20.8. The number of rotatable bonds is 6. The Morgan fingerprint density at radius 1 is 1.08 bits per heavy atom. The number of ether oxygens (including phenoxy) is 2. The molecule has 4 heterocycles. The van der Waals surface area contributed by atoms with E-state index in [1.165, 1.54) is 6.42 Å². The number of aromatic nitrogens is 3. The summed E-state index contributed by atoms with van der Waals surface area (Å²) >= 11 is 0. The largest absolute Gasteiger partial charge is 0.479 e. The highest BCUT2D eigenvalue weighted by atomic mass is 16.7. The molecule has 36 heavy (non-hydrogen) atoms. The molecular weight excluding hydrogens is 468 g/mol. The zero-order chi connectivity index (χ0) is 25.6. The smallest absolute Gasteiger partial charge is 0.335 e.